The van der Waals surface area contributed by atoms with E-state index in [1.54, 1.807) is 31.3 Å². The molecule has 1 amide bonds. The lowest BCUT2D eigenvalue weighted by Crippen LogP contribution is -2.50. The Bertz CT molecular complexity index is 1630. The van der Waals surface area contributed by atoms with Gasteiger partial charge < -0.3 is 43.2 Å². The predicted octanol–water partition coefficient (Wildman–Crippen LogP) is 5.93. The molecule has 53 heavy (non-hydrogen) atoms. The second kappa shape index (κ2) is 19.4. The molecule has 1 N–H and O–H groups in total. The van der Waals surface area contributed by atoms with Crippen LogP contribution in [-0.2, 0) is 25.5 Å². The monoisotopic (exact) mass is 734 g/mol. The first-order valence-corrected chi connectivity index (χ1v) is 18.5. The Hall–Kier alpha value is -4.68. The van der Waals surface area contributed by atoms with Gasteiger partial charge in [0.2, 0.25) is 11.7 Å². The van der Waals surface area contributed by atoms with E-state index < -0.39 is 24.0 Å². The van der Waals surface area contributed by atoms with Crippen LogP contribution in [0.3, 0.4) is 0 Å². The number of ether oxygens (including phenoxy) is 7. The number of hydrogen-bond donors (Lipinski definition) is 1. The van der Waals surface area contributed by atoms with E-state index in [4.69, 9.17) is 33.2 Å². The molecular formula is C41H54N2O10. The summed E-state index contributed by atoms with van der Waals surface area (Å²) in [5.74, 6) is 1.05. The van der Waals surface area contributed by atoms with Crippen LogP contribution in [0.5, 0.6) is 34.5 Å². The van der Waals surface area contributed by atoms with Crippen LogP contribution in [0.4, 0.5) is 0 Å². The molecule has 2 aliphatic rings. The van der Waals surface area contributed by atoms with Crippen molar-refractivity contribution in [2.75, 3.05) is 74.4 Å². The molecule has 2 fully saturated rings. The number of amides is 1. The second-order valence-electron chi connectivity index (χ2n) is 13.3. The van der Waals surface area contributed by atoms with Gasteiger partial charge in [-0.1, -0.05) is 25.1 Å². The van der Waals surface area contributed by atoms with E-state index in [1.807, 2.05) is 49.4 Å². The van der Waals surface area contributed by atoms with Crippen LogP contribution in [0.1, 0.15) is 67.7 Å². The number of piperidine rings is 1. The third-order valence-electron chi connectivity index (χ3n) is 10.1. The average molecular weight is 735 g/mol. The van der Waals surface area contributed by atoms with E-state index in [0.29, 0.717) is 61.6 Å². The molecule has 12 nitrogen and oxygen atoms in total. The van der Waals surface area contributed by atoms with E-state index in [2.05, 4.69) is 4.90 Å². The molecule has 3 aromatic rings. The fourth-order valence-corrected chi connectivity index (χ4v) is 7.08. The molecule has 288 valence electrons. The van der Waals surface area contributed by atoms with Gasteiger partial charge in [0.15, 0.2) is 23.0 Å². The lowest BCUT2D eigenvalue weighted by atomic mass is 9.91. The Morgan fingerprint density at radius 2 is 1.57 bits per heavy atom. The van der Waals surface area contributed by atoms with Crippen molar-refractivity contribution in [2.24, 2.45) is 0 Å². The van der Waals surface area contributed by atoms with Gasteiger partial charge in [-0.05, 0) is 91.6 Å². The minimum absolute atomic E-state index is 0.133. The maximum Gasteiger partial charge on any atom is 0.329 e. The fraction of sp³-hybridized carbons (Fsp3) is 0.512. The molecule has 0 spiro atoms. The smallest absolute Gasteiger partial charge is 0.329 e. The number of phenolic OH excluding ortho intramolecular Hbond substituents is 1. The molecule has 3 unspecified atom stereocenters. The molecule has 3 aromatic carbocycles. The highest BCUT2D eigenvalue weighted by Crippen LogP contribution is 2.41. The molecule has 0 radical (unpaired) electrons. The summed E-state index contributed by atoms with van der Waals surface area (Å²) in [6.07, 6.45) is 3.02. The minimum atomic E-state index is -0.747. The van der Waals surface area contributed by atoms with E-state index in [-0.39, 0.29) is 23.2 Å². The number of aryl methyl sites for hydroxylation is 1. The standard InChI is InChI=1S/C41H54N2O10/c1-6-32(30-26-37(49-4)39(44)38(27-30)50-5)40(45)43-17-8-7-12-33(43)41(46)53-34(15-13-28-14-16-35(47-2)36(24-28)48-3)29-10-9-11-31(25-29)52-23-20-42-18-21-51-22-19-42/h9-11,14,16,24-27,32-34,44H,6-8,12-13,15,17-23H2,1-5H3. The first-order valence-electron chi connectivity index (χ1n) is 18.5. The zero-order chi connectivity index (χ0) is 37.7. The topological polar surface area (TPSA) is 125 Å². The maximum absolute atomic E-state index is 14.3. The van der Waals surface area contributed by atoms with Crippen LogP contribution in [0.25, 0.3) is 0 Å². The van der Waals surface area contributed by atoms with Crippen LogP contribution in [0, 0.1) is 0 Å². The van der Waals surface area contributed by atoms with Crippen LogP contribution in [-0.4, -0.2) is 107 Å². The van der Waals surface area contributed by atoms with Crippen molar-refractivity contribution in [2.45, 2.75) is 63.5 Å². The lowest BCUT2D eigenvalue weighted by Gasteiger charge is -2.37. The summed E-state index contributed by atoms with van der Waals surface area (Å²) in [7, 11) is 6.11. The zero-order valence-electron chi connectivity index (χ0n) is 31.6. The number of carbonyl (C=O) groups excluding carboxylic acids is 2. The van der Waals surface area contributed by atoms with Crippen LogP contribution >= 0.6 is 0 Å². The Morgan fingerprint density at radius 1 is 0.849 bits per heavy atom. The van der Waals surface area contributed by atoms with Gasteiger partial charge in [-0.25, -0.2) is 4.79 Å². The van der Waals surface area contributed by atoms with Gasteiger partial charge in [-0.3, -0.25) is 9.69 Å². The first kappa shape index (κ1) is 39.5. The highest BCUT2D eigenvalue weighted by Gasteiger charge is 2.38. The van der Waals surface area contributed by atoms with Crippen molar-refractivity contribution in [1.29, 1.82) is 0 Å². The number of benzene rings is 3. The molecule has 0 bridgehead atoms. The molecule has 0 saturated carbocycles. The van der Waals surface area contributed by atoms with Crippen molar-refractivity contribution in [1.82, 2.24) is 9.80 Å². The number of likely N-dealkylation sites (tertiary alicyclic amines) is 1. The second-order valence-corrected chi connectivity index (χ2v) is 13.3. The Kier molecular flexibility index (Phi) is 14.5. The quantitative estimate of drug-likeness (QED) is 0.166. The van der Waals surface area contributed by atoms with E-state index in [9.17, 15) is 14.7 Å². The number of nitrogens with zero attached hydrogens (tertiary/aromatic N) is 2. The van der Waals surface area contributed by atoms with Gasteiger partial charge in [-0.2, -0.15) is 0 Å². The first-order chi connectivity index (χ1) is 25.8. The van der Waals surface area contributed by atoms with Crippen molar-refractivity contribution >= 4 is 11.9 Å². The van der Waals surface area contributed by atoms with Crippen LogP contribution in [0.15, 0.2) is 54.6 Å². The Balaban J connectivity index is 1.36. The summed E-state index contributed by atoms with van der Waals surface area (Å²) < 4.78 is 39.7. The number of hydrogen-bond acceptors (Lipinski definition) is 11. The van der Waals surface area contributed by atoms with Crippen LogP contribution in [0.2, 0.25) is 0 Å². The van der Waals surface area contributed by atoms with Gasteiger partial charge in [0.05, 0.1) is 47.6 Å². The maximum atomic E-state index is 14.3. The average Bonchev–Trinajstić information content (AvgIpc) is 3.20. The normalized spacial score (nSPS) is 17.4. The highest BCUT2D eigenvalue weighted by molar-refractivity contribution is 5.89. The molecular weight excluding hydrogens is 680 g/mol. The van der Waals surface area contributed by atoms with E-state index in [1.165, 1.54) is 14.2 Å². The number of carbonyl (C=O) groups is 2. The summed E-state index contributed by atoms with van der Waals surface area (Å²) in [6.45, 7) is 6.90. The largest absolute Gasteiger partial charge is 0.502 e. The van der Waals surface area contributed by atoms with Gasteiger partial charge in [0.25, 0.3) is 0 Å². The van der Waals surface area contributed by atoms with Crippen molar-refractivity contribution in [3.63, 3.8) is 0 Å². The summed E-state index contributed by atoms with van der Waals surface area (Å²) in [5.41, 5.74) is 2.45. The molecule has 2 heterocycles. The molecule has 0 aliphatic carbocycles. The summed E-state index contributed by atoms with van der Waals surface area (Å²) in [4.78, 5) is 32.5. The van der Waals surface area contributed by atoms with Gasteiger partial charge in [0.1, 0.15) is 24.5 Å². The molecule has 3 atom stereocenters. The van der Waals surface area contributed by atoms with Gasteiger partial charge in [0, 0.05) is 26.2 Å². The number of phenols is 1. The highest BCUT2D eigenvalue weighted by atomic mass is 16.5. The number of rotatable bonds is 17. The van der Waals surface area contributed by atoms with E-state index in [0.717, 1.165) is 56.8 Å². The molecule has 0 aromatic heterocycles. The lowest BCUT2D eigenvalue weighted by molar-refractivity contribution is -0.162. The fourth-order valence-electron chi connectivity index (χ4n) is 7.08. The van der Waals surface area contributed by atoms with Gasteiger partial charge in [-0.15, -0.1) is 0 Å². The summed E-state index contributed by atoms with van der Waals surface area (Å²) >= 11 is 0. The minimum Gasteiger partial charge on any atom is -0.502 e. The van der Waals surface area contributed by atoms with Crippen molar-refractivity contribution < 1.29 is 47.9 Å². The Labute approximate surface area is 312 Å². The number of morpholine rings is 1. The predicted molar refractivity (Wildman–Crippen MR) is 199 cm³/mol. The zero-order valence-corrected chi connectivity index (χ0v) is 31.6. The van der Waals surface area contributed by atoms with Crippen molar-refractivity contribution in [3.05, 3.63) is 71.3 Å². The number of methoxy groups -OCH3 is 4. The number of esters is 1. The molecule has 2 saturated heterocycles. The Morgan fingerprint density at radius 3 is 2.25 bits per heavy atom. The number of aromatic hydroxyl groups is 1. The SMILES string of the molecule is CCC(C(=O)N1CCCCC1C(=O)OC(CCc1ccc(OC)c(OC)c1)c1cccc(OCCN2CCOCC2)c1)c1cc(OC)c(O)c(OC)c1. The van der Waals surface area contributed by atoms with Gasteiger partial charge >= 0.3 is 5.97 Å². The molecule has 12 heteroatoms. The summed E-state index contributed by atoms with van der Waals surface area (Å²) in [6, 6.07) is 16.1. The molecule has 2 aliphatic heterocycles. The third kappa shape index (κ3) is 10.1. The third-order valence-corrected chi connectivity index (χ3v) is 10.1. The molecule has 5 rings (SSSR count). The van der Waals surface area contributed by atoms with E-state index >= 15 is 0 Å². The van der Waals surface area contributed by atoms with Crippen molar-refractivity contribution in [3.8, 4) is 34.5 Å². The van der Waals surface area contributed by atoms with Crippen LogP contribution < -0.4 is 23.7 Å². The summed E-state index contributed by atoms with van der Waals surface area (Å²) in [5, 5.41) is 10.5.